The summed E-state index contributed by atoms with van der Waals surface area (Å²) in [5.74, 6) is 1.35. The molecule has 2 aromatic rings. The van der Waals surface area contributed by atoms with Gasteiger partial charge in [-0.15, -0.1) is 0 Å². The van der Waals surface area contributed by atoms with Gasteiger partial charge in [-0.3, -0.25) is 0 Å². The minimum absolute atomic E-state index is 0.208. The minimum Gasteiger partial charge on any atom is -0.497 e. The Morgan fingerprint density at radius 2 is 2.00 bits per heavy atom. The van der Waals surface area contributed by atoms with Crippen LogP contribution in [0.3, 0.4) is 0 Å². The molecule has 1 N–H and O–H groups in total. The smallest absolute Gasteiger partial charge is 0.317 e. The Kier molecular flexibility index (Phi) is 6.24. The molecule has 130 valence electrons. The third kappa shape index (κ3) is 4.88. The number of urea groups is 1. The molecule has 0 unspecified atom stereocenters. The van der Waals surface area contributed by atoms with E-state index in [1.165, 1.54) is 0 Å². The van der Waals surface area contributed by atoms with Gasteiger partial charge in [0.25, 0.3) is 0 Å². The number of hydrogen-bond donors (Lipinski definition) is 1. The van der Waals surface area contributed by atoms with Crippen LogP contribution >= 0.6 is 0 Å². The summed E-state index contributed by atoms with van der Waals surface area (Å²) in [5, 5.41) is 11.8. The van der Waals surface area contributed by atoms with Crippen molar-refractivity contribution in [3.8, 4) is 17.6 Å². The van der Waals surface area contributed by atoms with E-state index in [1.807, 2.05) is 24.3 Å². The fourth-order valence-electron chi connectivity index (χ4n) is 2.39. The van der Waals surface area contributed by atoms with Crippen molar-refractivity contribution in [3.63, 3.8) is 0 Å². The summed E-state index contributed by atoms with van der Waals surface area (Å²) in [6.45, 7) is 0.760. The fraction of sp³-hybridized carbons (Fsp3) is 0.263. The van der Waals surface area contributed by atoms with Gasteiger partial charge in [0.1, 0.15) is 11.5 Å². The van der Waals surface area contributed by atoms with Crippen molar-refractivity contribution in [2.45, 2.75) is 13.1 Å². The number of nitriles is 1. The molecule has 0 aliphatic heterocycles. The second-order valence-electron chi connectivity index (χ2n) is 5.50. The molecule has 25 heavy (non-hydrogen) atoms. The van der Waals surface area contributed by atoms with Crippen molar-refractivity contribution in [2.24, 2.45) is 0 Å². The van der Waals surface area contributed by atoms with Gasteiger partial charge in [0, 0.05) is 31.8 Å². The first-order chi connectivity index (χ1) is 12.1. The second kappa shape index (κ2) is 8.60. The first-order valence-electron chi connectivity index (χ1n) is 7.76. The highest BCUT2D eigenvalue weighted by molar-refractivity contribution is 5.74. The molecule has 0 fully saturated rings. The van der Waals surface area contributed by atoms with Crippen LogP contribution in [0, 0.1) is 11.3 Å². The molecule has 0 atom stereocenters. The summed E-state index contributed by atoms with van der Waals surface area (Å²) in [7, 11) is 4.88. The summed E-state index contributed by atoms with van der Waals surface area (Å²) >= 11 is 0. The summed E-state index contributed by atoms with van der Waals surface area (Å²) in [6, 6.07) is 14.5. The molecule has 0 aromatic heterocycles. The first kappa shape index (κ1) is 18.1. The molecule has 0 radical (unpaired) electrons. The molecule has 0 spiro atoms. The Morgan fingerprint density at radius 3 is 2.68 bits per heavy atom. The van der Waals surface area contributed by atoms with Crippen LogP contribution in [0.5, 0.6) is 11.5 Å². The first-order valence-corrected chi connectivity index (χ1v) is 7.76. The Balaban J connectivity index is 1.96. The summed E-state index contributed by atoms with van der Waals surface area (Å²) in [5.41, 5.74) is 2.34. The summed E-state index contributed by atoms with van der Waals surface area (Å²) < 4.78 is 10.5. The van der Waals surface area contributed by atoms with E-state index in [0.29, 0.717) is 30.2 Å². The maximum Gasteiger partial charge on any atom is 0.317 e. The van der Waals surface area contributed by atoms with Crippen LogP contribution in [0.15, 0.2) is 42.5 Å². The monoisotopic (exact) mass is 339 g/mol. The number of carbonyl (C=O) groups is 1. The van der Waals surface area contributed by atoms with E-state index in [9.17, 15) is 4.79 Å². The van der Waals surface area contributed by atoms with Gasteiger partial charge in [-0.05, 0) is 29.8 Å². The number of ether oxygens (including phenoxy) is 2. The van der Waals surface area contributed by atoms with E-state index >= 15 is 0 Å². The van der Waals surface area contributed by atoms with Gasteiger partial charge >= 0.3 is 6.03 Å². The highest BCUT2D eigenvalue weighted by Crippen LogP contribution is 2.24. The van der Waals surface area contributed by atoms with Crippen molar-refractivity contribution < 1.29 is 14.3 Å². The van der Waals surface area contributed by atoms with E-state index in [1.54, 1.807) is 44.4 Å². The van der Waals surface area contributed by atoms with Crippen molar-refractivity contribution in [1.82, 2.24) is 10.2 Å². The van der Waals surface area contributed by atoms with Crippen LogP contribution in [-0.4, -0.2) is 32.2 Å². The van der Waals surface area contributed by atoms with Crippen molar-refractivity contribution >= 4 is 6.03 Å². The molecular weight excluding hydrogens is 318 g/mol. The van der Waals surface area contributed by atoms with Gasteiger partial charge in [-0.1, -0.05) is 12.1 Å². The van der Waals surface area contributed by atoms with Crippen LogP contribution in [0.25, 0.3) is 0 Å². The molecule has 6 heteroatoms. The predicted molar refractivity (Wildman–Crippen MR) is 94.4 cm³/mol. The number of amides is 2. The number of benzene rings is 2. The third-order valence-corrected chi connectivity index (χ3v) is 3.75. The number of rotatable bonds is 6. The average molecular weight is 339 g/mol. The highest BCUT2D eigenvalue weighted by atomic mass is 16.5. The molecule has 2 rings (SSSR count). The highest BCUT2D eigenvalue weighted by Gasteiger charge is 2.11. The lowest BCUT2D eigenvalue weighted by Crippen LogP contribution is -2.36. The normalized spacial score (nSPS) is 9.84. The van der Waals surface area contributed by atoms with Crippen LogP contribution in [0.4, 0.5) is 4.79 Å². The van der Waals surface area contributed by atoms with Gasteiger partial charge in [0.05, 0.1) is 25.9 Å². The lowest BCUT2D eigenvalue weighted by molar-refractivity contribution is 0.206. The molecule has 0 bridgehead atoms. The zero-order chi connectivity index (χ0) is 18.2. The van der Waals surface area contributed by atoms with Gasteiger partial charge in [-0.2, -0.15) is 5.26 Å². The van der Waals surface area contributed by atoms with E-state index in [2.05, 4.69) is 11.4 Å². The Bertz CT molecular complexity index is 784. The van der Waals surface area contributed by atoms with E-state index in [4.69, 9.17) is 14.7 Å². The number of methoxy groups -OCH3 is 2. The van der Waals surface area contributed by atoms with Crippen molar-refractivity contribution in [3.05, 3.63) is 59.2 Å². The number of carbonyl (C=O) groups excluding carboxylic acids is 1. The molecule has 0 aliphatic carbocycles. The van der Waals surface area contributed by atoms with Crippen molar-refractivity contribution in [1.29, 1.82) is 5.26 Å². The average Bonchev–Trinajstić information content (AvgIpc) is 2.65. The van der Waals surface area contributed by atoms with Crippen LogP contribution in [-0.2, 0) is 13.1 Å². The predicted octanol–water partition coefficient (Wildman–Crippen LogP) is 2.92. The Hall–Kier alpha value is -3.20. The van der Waals surface area contributed by atoms with E-state index in [0.717, 1.165) is 11.1 Å². The summed E-state index contributed by atoms with van der Waals surface area (Å²) in [6.07, 6.45) is 0. The van der Waals surface area contributed by atoms with E-state index in [-0.39, 0.29) is 6.03 Å². The molecule has 0 saturated heterocycles. The van der Waals surface area contributed by atoms with Gasteiger partial charge in [-0.25, -0.2) is 4.79 Å². The van der Waals surface area contributed by atoms with E-state index < -0.39 is 0 Å². The van der Waals surface area contributed by atoms with Crippen LogP contribution in [0.2, 0.25) is 0 Å². The Labute approximate surface area is 147 Å². The largest absolute Gasteiger partial charge is 0.497 e. The van der Waals surface area contributed by atoms with Crippen molar-refractivity contribution in [2.75, 3.05) is 21.3 Å². The zero-order valence-electron chi connectivity index (χ0n) is 14.6. The fourth-order valence-corrected chi connectivity index (χ4v) is 2.39. The molecule has 0 saturated carbocycles. The molecule has 2 amide bonds. The van der Waals surface area contributed by atoms with Gasteiger partial charge in [0.2, 0.25) is 0 Å². The Morgan fingerprint density at radius 1 is 1.20 bits per heavy atom. The molecule has 0 heterocycles. The van der Waals surface area contributed by atoms with Gasteiger partial charge < -0.3 is 19.7 Å². The maximum absolute atomic E-state index is 12.3. The van der Waals surface area contributed by atoms with Crippen LogP contribution < -0.4 is 14.8 Å². The standard InChI is InChI=1S/C19H21N3O3/c1-22(13-15-6-4-5-14(9-15)11-20)19(23)21-12-16-7-8-17(24-2)10-18(16)25-3/h4-10H,12-13H2,1-3H3,(H,21,23). The SMILES string of the molecule is COc1ccc(CNC(=O)N(C)Cc2cccc(C#N)c2)c(OC)c1. The third-order valence-electron chi connectivity index (χ3n) is 3.75. The lowest BCUT2D eigenvalue weighted by Gasteiger charge is -2.19. The maximum atomic E-state index is 12.3. The second-order valence-corrected chi connectivity index (χ2v) is 5.50. The summed E-state index contributed by atoms with van der Waals surface area (Å²) in [4.78, 5) is 13.8. The zero-order valence-corrected chi connectivity index (χ0v) is 14.6. The quantitative estimate of drug-likeness (QED) is 0.878. The number of nitrogens with zero attached hydrogens (tertiary/aromatic N) is 2. The molecule has 6 nitrogen and oxygen atoms in total. The topological polar surface area (TPSA) is 74.6 Å². The van der Waals surface area contributed by atoms with Crippen LogP contribution in [0.1, 0.15) is 16.7 Å². The number of hydrogen-bond acceptors (Lipinski definition) is 4. The molecule has 0 aliphatic rings. The molecular formula is C19H21N3O3. The minimum atomic E-state index is -0.208. The number of nitrogens with one attached hydrogen (secondary N) is 1. The lowest BCUT2D eigenvalue weighted by atomic mass is 10.1. The van der Waals surface area contributed by atoms with Gasteiger partial charge in [0.15, 0.2) is 0 Å². The molecule has 2 aromatic carbocycles.